The second-order valence-corrected chi connectivity index (χ2v) is 9.27. The minimum atomic E-state index is -4.73. The Hall–Kier alpha value is -2.46. The number of nitrogens with one attached hydrogen (secondary N) is 1. The molecular weight excluding hydrogens is 523 g/mol. The van der Waals surface area contributed by atoms with E-state index in [1.165, 1.54) is 18.2 Å². The van der Waals surface area contributed by atoms with Gasteiger partial charge in [0.15, 0.2) is 0 Å². The van der Waals surface area contributed by atoms with Gasteiger partial charge in [-0.3, -0.25) is 9.35 Å². The molecule has 6 nitrogen and oxygen atoms in total. The van der Waals surface area contributed by atoms with Crippen LogP contribution in [-0.4, -0.2) is 25.4 Å². The molecular formula is C22H19BrClFN2O4S. The Bertz CT molecular complexity index is 1210. The molecule has 0 aromatic heterocycles. The average Bonchev–Trinajstić information content (AvgIpc) is 2.75. The van der Waals surface area contributed by atoms with Crippen molar-refractivity contribution < 1.29 is 22.2 Å². The van der Waals surface area contributed by atoms with Crippen molar-refractivity contribution in [2.75, 3.05) is 16.2 Å². The highest BCUT2D eigenvalue weighted by molar-refractivity contribution is 9.08. The number of nitrogens with zero attached hydrogens (tertiary/aromatic N) is 1. The highest BCUT2D eigenvalue weighted by Crippen LogP contribution is 2.27. The highest BCUT2D eigenvalue weighted by atomic mass is 79.9. The van der Waals surface area contributed by atoms with Gasteiger partial charge in [-0.25, -0.2) is 8.70 Å². The molecule has 2 N–H and O–H groups in total. The summed E-state index contributed by atoms with van der Waals surface area (Å²) in [5, 5.41) is 3.34. The largest absolute Gasteiger partial charge is 0.360 e. The molecule has 0 atom stereocenters. The fourth-order valence-corrected chi connectivity index (χ4v) is 4.37. The van der Waals surface area contributed by atoms with Crippen molar-refractivity contribution in [1.29, 1.82) is 0 Å². The van der Waals surface area contributed by atoms with Crippen LogP contribution < -0.4 is 9.62 Å². The normalized spacial score (nSPS) is 11.2. The lowest BCUT2D eigenvalue weighted by Gasteiger charge is -2.23. The van der Waals surface area contributed by atoms with Crippen molar-refractivity contribution in [3.63, 3.8) is 0 Å². The smallest absolute Gasteiger partial charge is 0.325 e. The summed E-state index contributed by atoms with van der Waals surface area (Å²) in [6.07, 6.45) is 0.503. The quantitative estimate of drug-likeness (QED) is 0.303. The number of hydrogen-bond acceptors (Lipinski definition) is 3. The lowest BCUT2D eigenvalue weighted by atomic mass is 10.0. The number of hydrogen-bond donors (Lipinski definition) is 2. The van der Waals surface area contributed by atoms with Gasteiger partial charge in [-0.1, -0.05) is 51.8 Å². The third-order valence-electron chi connectivity index (χ3n) is 4.57. The summed E-state index contributed by atoms with van der Waals surface area (Å²) >= 11 is 9.16. The van der Waals surface area contributed by atoms with Gasteiger partial charge in [0.25, 0.3) is 0 Å². The Morgan fingerprint density at radius 1 is 1.03 bits per heavy atom. The predicted molar refractivity (Wildman–Crippen MR) is 127 cm³/mol. The van der Waals surface area contributed by atoms with E-state index in [0.717, 1.165) is 11.1 Å². The van der Waals surface area contributed by atoms with Crippen LogP contribution >= 0.6 is 27.5 Å². The first-order valence-electron chi connectivity index (χ1n) is 9.38. The van der Waals surface area contributed by atoms with E-state index in [-0.39, 0.29) is 16.8 Å². The standard InChI is InChI=1S/C22H19BrClFN2O4S/c23-13-17-12-16(11-15-1-6-19(25)7-2-15)3-10-21(17)27(32(29,30)31)14-22(28)26-20-8-4-18(24)5-9-20/h1-10,12H,11,13-14H2,(H,26,28)(H,29,30,31). The highest BCUT2D eigenvalue weighted by Gasteiger charge is 2.25. The van der Waals surface area contributed by atoms with Crippen molar-refractivity contribution in [2.45, 2.75) is 11.8 Å². The van der Waals surface area contributed by atoms with Crippen molar-refractivity contribution in [3.8, 4) is 0 Å². The number of amides is 1. The number of alkyl halides is 1. The molecule has 32 heavy (non-hydrogen) atoms. The van der Waals surface area contributed by atoms with Gasteiger partial charge in [-0.05, 0) is 65.6 Å². The first kappa shape index (κ1) is 24.2. The van der Waals surface area contributed by atoms with E-state index in [9.17, 15) is 22.2 Å². The lowest BCUT2D eigenvalue weighted by molar-refractivity contribution is -0.114. The van der Waals surface area contributed by atoms with Crippen LogP contribution in [0.15, 0.2) is 66.7 Å². The summed E-state index contributed by atoms with van der Waals surface area (Å²) in [6, 6.07) is 17.4. The summed E-state index contributed by atoms with van der Waals surface area (Å²) in [6.45, 7) is -0.626. The maximum atomic E-state index is 13.1. The number of rotatable bonds is 8. The van der Waals surface area contributed by atoms with Crippen molar-refractivity contribution >= 4 is 55.1 Å². The molecule has 0 saturated carbocycles. The fourth-order valence-electron chi connectivity index (χ4n) is 3.09. The number of carbonyl (C=O) groups is 1. The first-order valence-corrected chi connectivity index (χ1v) is 12.3. The molecule has 0 saturated heterocycles. The summed E-state index contributed by atoms with van der Waals surface area (Å²) < 4.78 is 47.7. The van der Waals surface area contributed by atoms with E-state index < -0.39 is 22.8 Å². The van der Waals surface area contributed by atoms with Gasteiger partial charge in [0.2, 0.25) is 5.91 Å². The van der Waals surface area contributed by atoms with Crippen LogP contribution in [0.25, 0.3) is 0 Å². The van der Waals surface area contributed by atoms with Crippen molar-refractivity contribution in [1.82, 2.24) is 0 Å². The SMILES string of the molecule is O=C(CN(c1ccc(Cc2ccc(F)cc2)cc1CBr)S(=O)(=O)O)Nc1ccc(Cl)cc1. The van der Waals surface area contributed by atoms with Crippen molar-refractivity contribution in [3.05, 3.63) is 94.3 Å². The van der Waals surface area contributed by atoms with Crippen molar-refractivity contribution in [2.24, 2.45) is 0 Å². The van der Waals surface area contributed by atoms with Crippen LogP contribution in [0.4, 0.5) is 15.8 Å². The zero-order chi connectivity index (χ0) is 23.3. The average molecular weight is 542 g/mol. The van der Waals surface area contributed by atoms with E-state index in [0.29, 0.717) is 27.0 Å². The second kappa shape index (κ2) is 10.4. The topological polar surface area (TPSA) is 86.7 Å². The van der Waals surface area contributed by atoms with Crippen LogP contribution in [0.3, 0.4) is 0 Å². The van der Waals surface area contributed by atoms with E-state index in [4.69, 9.17) is 11.6 Å². The third kappa shape index (κ3) is 6.52. The van der Waals surface area contributed by atoms with E-state index in [2.05, 4.69) is 21.2 Å². The van der Waals surface area contributed by atoms with Crippen LogP contribution in [-0.2, 0) is 26.8 Å². The van der Waals surface area contributed by atoms with Gasteiger partial charge in [-0.15, -0.1) is 0 Å². The Morgan fingerprint density at radius 3 is 2.25 bits per heavy atom. The van der Waals surface area contributed by atoms with E-state index in [1.807, 2.05) is 0 Å². The summed E-state index contributed by atoms with van der Waals surface area (Å²) in [4.78, 5) is 12.5. The number of anilines is 2. The van der Waals surface area contributed by atoms with Gasteiger partial charge >= 0.3 is 10.3 Å². The number of benzene rings is 3. The van der Waals surface area contributed by atoms with E-state index in [1.54, 1.807) is 48.5 Å². The molecule has 3 rings (SSSR count). The molecule has 0 fully saturated rings. The molecule has 0 aliphatic rings. The maximum absolute atomic E-state index is 13.1. The molecule has 0 spiro atoms. The number of halogens is 3. The van der Waals surface area contributed by atoms with Gasteiger partial charge in [0.1, 0.15) is 12.4 Å². The predicted octanol–water partition coefficient (Wildman–Crippen LogP) is 5.21. The third-order valence-corrected chi connectivity index (χ3v) is 6.31. The first-order chi connectivity index (χ1) is 15.2. The maximum Gasteiger partial charge on any atom is 0.360 e. The molecule has 0 bridgehead atoms. The zero-order valence-corrected chi connectivity index (χ0v) is 19.8. The molecule has 0 heterocycles. The van der Waals surface area contributed by atoms with Gasteiger partial charge in [0.05, 0.1) is 5.69 Å². The van der Waals surface area contributed by atoms with Gasteiger partial charge in [0, 0.05) is 16.0 Å². The van der Waals surface area contributed by atoms with Gasteiger partial charge in [-0.2, -0.15) is 8.42 Å². The Morgan fingerprint density at radius 2 is 1.66 bits per heavy atom. The molecule has 1 amide bonds. The Labute approximate surface area is 199 Å². The zero-order valence-electron chi connectivity index (χ0n) is 16.6. The molecule has 3 aromatic carbocycles. The molecule has 168 valence electrons. The van der Waals surface area contributed by atoms with E-state index >= 15 is 0 Å². The summed E-state index contributed by atoms with van der Waals surface area (Å²) in [5.74, 6) is -0.966. The molecule has 10 heteroatoms. The van der Waals surface area contributed by atoms with Crippen LogP contribution in [0, 0.1) is 5.82 Å². The molecule has 0 aliphatic heterocycles. The Kier molecular flexibility index (Phi) is 7.89. The monoisotopic (exact) mass is 540 g/mol. The summed E-state index contributed by atoms with van der Waals surface area (Å²) in [7, 11) is -4.73. The van der Waals surface area contributed by atoms with Gasteiger partial charge < -0.3 is 5.32 Å². The molecule has 0 unspecified atom stereocenters. The van der Waals surface area contributed by atoms with Crippen LogP contribution in [0.5, 0.6) is 0 Å². The molecule has 0 radical (unpaired) electrons. The lowest BCUT2D eigenvalue weighted by Crippen LogP contribution is -2.38. The Balaban J connectivity index is 1.83. The summed E-state index contributed by atoms with van der Waals surface area (Å²) in [5.41, 5.74) is 2.90. The fraction of sp³-hybridized carbons (Fsp3) is 0.136. The molecule has 3 aromatic rings. The minimum Gasteiger partial charge on any atom is -0.325 e. The molecule has 0 aliphatic carbocycles. The minimum absolute atomic E-state index is 0.165. The second-order valence-electron chi connectivity index (χ2n) is 6.94. The number of carbonyl (C=O) groups excluding carboxylic acids is 1. The van der Waals surface area contributed by atoms with Crippen LogP contribution in [0.1, 0.15) is 16.7 Å². The van der Waals surface area contributed by atoms with Crippen LogP contribution in [0.2, 0.25) is 5.02 Å².